The lowest BCUT2D eigenvalue weighted by atomic mass is 9.85. The second-order valence-corrected chi connectivity index (χ2v) is 10.9. The molecule has 1 aromatic heterocycles. The number of aromatic nitrogens is 1. The van der Waals surface area contributed by atoms with Gasteiger partial charge < -0.3 is 0 Å². The molecule has 7 nitrogen and oxygen atoms in total. The molecular formula is C14H19N3O4S2. The summed E-state index contributed by atoms with van der Waals surface area (Å²) in [5.41, 5.74) is 0.765. The maximum absolute atomic E-state index is 12.5. The number of fused-ring (bicyclic) bond motifs is 2. The summed E-state index contributed by atoms with van der Waals surface area (Å²) in [6, 6.07) is 3.46. The second kappa shape index (κ2) is 4.67. The van der Waals surface area contributed by atoms with E-state index in [2.05, 4.69) is 4.98 Å². The van der Waals surface area contributed by atoms with E-state index in [1.54, 1.807) is 18.3 Å². The van der Waals surface area contributed by atoms with E-state index in [1.165, 1.54) is 14.9 Å². The molecular weight excluding hydrogens is 338 g/mol. The van der Waals surface area contributed by atoms with Crippen LogP contribution in [0.2, 0.25) is 0 Å². The van der Waals surface area contributed by atoms with Crippen molar-refractivity contribution >= 4 is 25.7 Å². The fourth-order valence-corrected chi connectivity index (χ4v) is 6.60. The molecule has 0 unspecified atom stereocenters. The van der Waals surface area contributed by atoms with E-state index in [9.17, 15) is 16.8 Å². The van der Waals surface area contributed by atoms with Crippen LogP contribution in [0.1, 0.15) is 25.0 Å². The van der Waals surface area contributed by atoms with E-state index in [-0.39, 0.29) is 11.8 Å². The Morgan fingerprint density at radius 2 is 1.96 bits per heavy atom. The molecule has 23 heavy (non-hydrogen) atoms. The molecule has 1 atom stereocenters. The van der Waals surface area contributed by atoms with Crippen LogP contribution in [0.4, 0.5) is 5.69 Å². The number of anilines is 1. The van der Waals surface area contributed by atoms with Crippen molar-refractivity contribution in [1.29, 1.82) is 0 Å². The highest BCUT2D eigenvalue weighted by Crippen LogP contribution is 2.47. The molecule has 3 heterocycles. The summed E-state index contributed by atoms with van der Waals surface area (Å²) < 4.78 is 52.1. The van der Waals surface area contributed by atoms with Gasteiger partial charge in [-0.25, -0.2) is 21.1 Å². The van der Waals surface area contributed by atoms with Gasteiger partial charge in [0.1, 0.15) is 0 Å². The Labute approximate surface area is 136 Å². The number of pyridine rings is 1. The molecule has 2 fully saturated rings. The molecule has 1 spiro atoms. The molecule has 0 radical (unpaired) electrons. The molecule has 0 N–H and O–H groups in total. The zero-order chi connectivity index (χ0) is 16.5. The van der Waals surface area contributed by atoms with Crippen LogP contribution in [0, 0.1) is 0 Å². The zero-order valence-electron chi connectivity index (χ0n) is 12.8. The fraction of sp³-hybridized carbons (Fsp3) is 0.643. The predicted molar refractivity (Wildman–Crippen MR) is 86.2 cm³/mol. The summed E-state index contributed by atoms with van der Waals surface area (Å²) >= 11 is 0. The summed E-state index contributed by atoms with van der Waals surface area (Å²) in [4.78, 5) is 4.41. The summed E-state index contributed by atoms with van der Waals surface area (Å²) in [6.07, 6.45) is 4.89. The largest absolute Gasteiger partial charge is 0.268 e. The van der Waals surface area contributed by atoms with Crippen molar-refractivity contribution in [3.8, 4) is 0 Å². The molecule has 1 saturated carbocycles. The molecule has 1 aliphatic carbocycles. The monoisotopic (exact) mass is 357 g/mol. The first-order valence-electron chi connectivity index (χ1n) is 7.66. The van der Waals surface area contributed by atoms with E-state index >= 15 is 0 Å². The van der Waals surface area contributed by atoms with Crippen LogP contribution < -0.4 is 4.31 Å². The lowest BCUT2D eigenvalue weighted by molar-refractivity contribution is 0.429. The Bertz CT molecular complexity index is 864. The summed E-state index contributed by atoms with van der Waals surface area (Å²) in [5.74, 6) is 0. The van der Waals surface area contributed by atoms with Crippen LogP contribution in [0.3, 0.4) is 0 Å². The Hall–Kier alpha value is -1.19. The molecule has 0 bridgehead atoms. The van der Waals surface area contributed by atoms with Crippen molar-refractivity contribution < 1.29 is 16.8 Å². The van der Waals surface area contributed by atoms with Crippen LogP contribution in [0.5, 0.6) is 0 Å². The predicted octanol–water partition coefficient (Wildman–Crippen LogP) is 0.297. The SMILES string of the molecule is CS(=O)(=O)N1C[C@@]2(CCN(S(=O)(=O)C3CC3)C2)c2ncccc21. The highest BCUT2D eigenvalue weighted by Gasteiger charge is 2.54. The third-order valence-electron chi connectivity index (χ3n) is 5.03. The molecule has 0 aromatic carbocycles. The summed E-state index contributed by atoms with van der Waals surface area (Å²) in [7, 11) is -6.66. The molecule has 0 amide bonds. The molecule has 1 aromatic rings. The van der Waals surface area contributed by atoms with Gasteiger partial charge in [-0.15, -0.1) is 0 Å². The summed E-state index contributed by atoms with van der Waals surface area (Å²) in [6.45, 7) is 1.03. The van der Waals surface area contributed by atoms with Gasteiger partial charge in [0.2, 0.25) is 20.0 Å². The first-order chi connectivity index (χ1) is 10.7. The smallest absolute Gasteiger partial charge is 0.232 e. The van der Waals surface area contributed by atoms with Crippen molar-refractivity contribution in [1.82, 2.24) is 9.29 Å². The van der Waals surface area contributed by atoms with Crippen LogP contribution in [0.25, 0.3) is 0 Å². The Balaban J connectivity index is 1.73. The van der Waals surface area contributed by atoms with Crippen LogP contribution in [-0.2, 0) is 25.5 Å². The minimum absolute atomic E-state index is 0.242. The van der Waals surface area contributed by atoms with Gasteiger partial charge in [0.05, 0.1) is 22.9 Å². The molecule has 1 saturated heterocycles. The van der Waals surface area contributed by atoms with Crippen molar-refractivity contribution in [2.24, 2.45) is 0 Å². The Morgan fingerprint density at radius 3 is 2.61 bits per heavy atom. The molecule has 9 heteroatoms. The van der Waals surface area contributed by atoms with Crippen LogP contribution in [-0.4, -0.2) is 57.3 Å². The standard InChI is InChI=1S/C14H19N3O4S2/c1-22(18,19)17-10-14(13-12(17)3-2-7-15-13)6-8-16(9-14)23(20,21)11-4-5-11/h2-3,7,11H,4-6,8-10H2,1H3/t14-/m0/s1. The first kappa shape index (κ1) is 15.3. The van der Waals surface area contributed by atoms with E-state index in [0.29, 0.717) is 30.9 Å². The van der Waals surface area contributed by atoms with Gasteiger partial charge in [-0.3, -0.25) is 9.29 Å². The van der Waals surface area contributed by atoms with E-state index < -0.39 is 25.5 Å². The van der Waals surface area contributed by atoms with Gasteiger partial charge in [0, 0.05) is 31.2 Å². The lowest BCUT2D eigenvalue weighted by Crippen LogP contribution is -2.40. The van der Waals surface area contributed by atoms with Crippen molar-refractivity contribution in [3.63, 3.8) is 0 Å². The van der Waals surface area contributed by atoms with Crippen molar-refractivity contribution in [2.75, 3.05) is 30.2 Å². The van der Waals surface area contributed by atoms with Gasteiger partial charge in [-0.1, -0.05) is 0 Å². The molecule has 4 rings (SSSR count). The minimum Gasteiger partial charge on any atom is -0.268 e. The molecule has 126 valence electrons. The number of hydrogen-bond donors (Lipinski definition) is 0. The average Bonchev–Trinajstić information content (AvgIpc) is 3.18. The van der Waals surface area contributed by atoms with Crippen LogP contribution >= 0.6 is 0 Å². The lowest BCUT2D eigenvalue weighted by Gasteiger charge is -2.24. The van der Waals surface area contributed by atoms with Gasteiger partial charge in [0.25, 0.3) is 0 Å². The highest BCUT2D eigenvalue weighted by molar-refractivity contribution is 7.92. The Kier molecular flexibility index (Phi) is 3.12. The topological polar surface area (TPSA) is 87.7 Å². The van der Waals surface area contributed by atoms with Gasteiger partial charge in [0.15, 0.2) is 0 Å². The number of hydrogen-bond acceptors (Lipinski definition) is 5. The Morgan fingerprint density at radius 1 is 1.22 bits per heavy atom. The van der Waals surface area contributed by atoms with Crippen molar-refractivity contribution in [3.05, 3.63) is 24.0 Å². The highest BCUT2D eigenvalue weighted by atomic mass is 32.2. The number of nitrogens with zero attached hydrogens (tertiary/aromatic N) is 3. The van der Waals surface area contributed by atoms with Crippen molar-refractivity contribution in [2.45, 2.75) is 29.9 Å². The third kappa shape index (κ3) is 2.28. The second-order valence-electron chi connectivity index (χ2n) is 6.75. The van der Waals surface area contributed by atoms with Gasteiger partial charge >= 0.3 is 0 Å². The maximum atomic E-state index is 12.5. The molecule has 3 aliphatic rings. The number of sulfonamides is 2. The fourth-order valence-electron chi connectivity index (χ4n) is 3.69. The molecule has 2 aliphatic heterocycles. The maximum Gasteiger partial charge on any atom is 0.232 e. The van der Waals surface area contributed by atoms with Gasteiger partial charge in [-0.05, 0) is 31.4 Å². The zero-order valence-corrected chi connectivity index (χ0v) is 14.5. The summed E-state index contributed by atoms with van der Waals surface area (Å²) in [5, 5.41) is -0.242. The van der Waals surface area contributed by atoms with E-state index in [1.807, 2.05) is 0 Å². The normalized spacial score (nSPS) is 28.5. The quantitative estimate of drug-likeness (QED) is 0.776. The number of rotatable bonds is 3. The first-order valence-corrected chi connectivity index (χ1v) is 11.0. The van der Waals surface area contributed by atoms with E-state index in [4.69, 9.17) is 0 Å². The van der Waals surface area contributed by atoms with Crippen LogP contribution in [0.15, 0.2) is 18.3 Å². The average molecular weight is 357 g/mol. The van der Waals surface area contributed by atoms with Gasteiger partial charge in [-0.2, -0.15) is 0 Å². The minimum atomic E-state index is -3.41. The van der Waals surface area contributed by atoms with E-state index in [0.717, 1.165) is 12.8 Å². The third-order valence-corrected chi connectivity index (χ3v) is 8.50.